The van der Waals surface area contributed by atoms with E-state index in [0.717, 1.165) is 17.6 Å². The van der Waals surface area contributed by atoms with E-state index < -0.39 is 0 Å². The predicted octanol–water partition coefficient (Wildman–Crippen LogP) is 1.01. The SMILES string of the molecule is CC[NH+]1CCC[C@@H]1CNC(=O)COc1cccc(Br)c1. The maximum atomic E-state index is 11.8. The second-order valence-corrected chi connectivity index (χ2v) is 6.07. The molecule has 1 unspecified atom stereocenters. The number of rotatable bonds is 6. The van der Waals surface area contributed by atoms with Crippen LogP contribution >= 0.6 is 15.9 Å². The molecule has 0 spiro atoms. The number of ether oxygens (including phenoxy) is 1. The standard InChI is InChI=1S/C15H21BrN2O2/c1-2-18-8-4-6-13(18)10-17-15(19)11-20-14-7-3-5-12(16)9-14/h3,5,7,9,13H,2,4,6,8,10-11H2,1H3,(H,17,19)/p+1/t13-/m1/s1. The normalized spacial score (nSPS) is 21.7. The molecule has 2 atom stereocenters. The molecule has 1 aromatic rings. The molecule has 0 aliphatic carbocycles. The number of carbonyl (C=O) groups excluding carboxylic acids is 1. The Balaban J connectivity index is 1.70. The molecule has 1 heterocycles. The Morgan fingerprint density at radius 2 is 2.40 bits per heavy atom. The number of halogens is 1. The van der Waals surface area contributed by atoms with E-state index in [-0.39, 0.29) is 12.5 Å². The van der Waals surface area contributed by atoms with Crippen molar-refractivity contribution in [2.75, 3.05) is 26.2 Å². The van der Waals surface area contributed by atoms with E-state index in [1.807, 2.05) is 24.3 Å². The van der Waals surface area contributed by atoms with Crippen LogP contribution in [0, 0.1) is 0 Å². The molecule has 1 aromatic carbocycles. The van der Waals surface area contributed by atoms with Crippen LogP contribution in [0.1, 0.15) is 19.8 Å². The minimum Gasteiger partial charge on any atom is -0.484 e. The van der Waals surface area contributed by atoms with Gasteiger partial charge in [-0.1, -0.05) is 22.0 Å². The summed E-state index contributed by atoms with van der Waals surface area (Å²) in [4.78, 5) is 13.4. The number of hydrogen-bond acceptors (Lipinski definition) is 2. The van der Waals surface area contributed by atoms with Gasteiger partial charge in [-0.3, -0.25) is 4.79 Å². The van der Waals surface area contributed by atoms with Gasteiger partial charge in [0, 0.05) is 17.3 Å². The number of benzene rings is 1. The fourth-order valence-corrected chi connectivity index (χ4v) is 3.07. The van der Waals surface area contributed by atoms with Crippen LogP contribution in [0.4, 0.5) is 0 Å². The van der Waals surface area contributed by atoms with Crippen molar-refractivity contribution >= 4 is 21.8 Å². The maximum absolute atomic E-state index is 11.8. The number of likely N-dealkylation sites (tertiary alicyclic amines) is 1. The predicted molar refractivity (Wildman–Crippen MR) is 82.0 cm³/mol. The number of nitrogens with one attached hydrogen (secondary N) is 2. The molecule has 0 aromatic heterocycles. The lowest BCUT2D eigenvalue weighted by atomic mass is 10.2. The topological polar surface area (TPSA) is 42.8 Å². The fourth-order valence-electron chi connectivity index (χ4n) is 2.69. The van der Waals surface area contributed by atoms with Gasteiger partial charge in [0.1, 0.15) is 11.8 Å². The molecule has 5 heteroatoms. The first kappa shape index (κ1) is 15.3. The van der Waals surface area contributed by atoms with Gasteiger partial charge in [-0.25, -0.2) is 0 Å². The van der Waals surface area contributed by atoms with E-state index in [9.17, 15) is 4.79 Å². The summed E-state index contributed by atoms with van der Waals surface area (Å²) in [5.74, 6) is 0.656. The van der Waals surface area contributed by atoms with Crippen LogP contribution in [0.3, 0.4) is 0 Å². The Hall–Kier alpha value is -1.07. The number of likely N-dealkylation sites (N-methyl/N-ethyl adjacent to an activating group) is 1. The summed E-state index contributed by atoms with van der Waals surface area (Å²) in [7, 11) is 0. The molecule has 20 heavy (non-hydrogen) atoms. The van der Waals surface area contributed by atoms with Crippen LogP contribution in [0.25, 0.3) is 0 Å². The third-order valence-corrected chi connectivity index (χ3v) is 4.29. The summed E-state index contributed by atoms with van der Waals surface area (Å²) in [6.07, 6.45) is 2.47. The fraction of sp³-hybridized carbons (Fsp3) is 0.533. The zero-order valence-electron chi connectivity index (χ0n) is 11.8. The van der Waals surface area contributed by atoms with Crippen molar-refractivity contribution < 1.29 is 14.4 Å². The molecule has 0 radical (unpaired) electrons. The molecule has 0 saturated carbocycles. The number of quaternary nitrogens is 1. The molecule has 1 amide bonds. The van der Waals surface area contributed by atoms with E-state index in [4.69, 9.17) is 4.74 Å². The van der Waals surface area contributed by atoms with Crippen LogP contribution in [0.5, 0.6) is 5.75 Å². The zero-order chi connectivity index (χ0) is 14.4. The number of hydrogen-bond donors (Lipinski definition) is 2. The summed E-state index contributed by atoms with van der Waals surface area (Å²) in [5.41, 5.74) is 0. The van der Waals surface area contributed by atoms with Crippen LogP contribution in [0.15, 0.2) is 28.7 Å². The summed E-state index contributed by atoms with van der Waals surface area (Å²) in [6.45, 7) is 5.39. The summed E-state index contributed by atoms with van der Waals surface area (Å²) >= 11 is 3.38. The van der Waals surface area contributed by atoms with Crippen LogP contribution in [-0.4, -0.2) is 38.2 Å². The third-order valence-electron chi connectivity index (χ3n) is 3.79. The highest BCUT2D eigenvalue weighted by molar-refractivity contribution is 9.10. The Kier molecular flexibility index (Phi) is 5.86. The third kappa shape index (κ3) is 4.49. The van der Waals surface area contributed by atoms with Gasteiger partial charge in [0.2, 0.25) is 0 Å². The van der Waals surface area contributed by atoms with Gasteiger partial charge < -0.3 is 15.0 Å². The maximum Gasteiger partial charge on any atom is 0.258 e. The van der Waals surface area contributed by atoms with Crippen LogP contribution < -0.4 is 15.0 Å². The van der Waals surface area contributed by atoms with Gasteiger partial charge >= 0.3 is 0 Å². The highest BCUT2D eigenvalue weighted by Gasteiger charge is 2.26. The minimum absolute atomic E-state index is 0.0488. The first-order chi connectivity index (χ1) is 9.69. The molecule has 4 nitrogen and oxygen atoms in total. The smallest absolute Gasteiger partial charge is 0.258 e. The van der Waals surface area contributed by atoms with Crippen molar-refractivity contribution in [3.05, 3.63) is 28.7 Å². The molecule has 1 fully saturated rings. The van der Waals surface area contributed by atoms with Crippen molar-refractivity contribution in [2.24, 2.45) is 0 Å². The monoisotopic (exact) mass is 341 g/mol. The average Bonchev–Trinajstić information content (AvgIpc) is 2.90. The molecule has 1 aliphatic heterocycles. The Bertz CT molecular complexity index is 453. The quantitative estimate of drug-likeness (QED) is 0.811. The van der Waals surface area contributed by atoms with Gasteiger partial charge in [-0.2, -0.15) is 0 Å². The lowest BCUT2D eigenvalue weighted by Gasteiger charge is -2.20. The molecule has 2 N–H and O–H groups in total. The zero-order valence-corrected chi connectivity index (χ0v) is 13.4. The highest BCUT2D eigenvalue weighted by atomic mass is 79.9. The average molecular weight is 342 g/mol. The summed E-state index contributed by atoms with van der Waals surface area (Å²) in [5, 5.41) is 2.98. The Labute approximate surface area is 128 Å². The van der Waals surface area contributed by atoms with Gasteiger partial charge in [0.25, 0.3) is 5.91 Å². The van der Waals surface area contributed by atoms with Gasteiger partial charge in [0.05, 0.1) is 19.6 Å². The van der Waals surface area contributed by atoms with E-state index in [2.05, 4.69) is 28.2 Å². The first-order valence-electron chi connectivity index (χ1n) is 7.18. The molecule has 1 aliphatic rings. The largest absolute Gasteiger partial charge is 0.484 e. The lowest BCUT2D eigenvalue weighted by molar-refractivity contribution is -0.909. The highest BCUT2D eigenvalue weighted by Crippen LogP contribution is 2.17. The van der Waals surface area contributed by atoms with Crippen molar-refractivity contribution in [1.29, 1.82) is 0 Å². The molecule has 2 rings (SSSR count). The summed E-state index contributed by atoms with van der Waals surface area (Å²) < 4.78 is 6.42. The Morgan fingerprint density at radius 3 is 3.15 bits per heavy atom. The van der Waals surface area contributed by atoms with Crippen LogP contribution in [-0.2, 0) is 4.79 Å². The van der Waals surface area contributed by atoms with Gasteiger partial charge in [-0.15, -0.1) is 0 Å². The molecular weight excluding hydrogens is 320 g/mol. The van der Waals surface area contributed by atoms with Crippen molar-refractivity contribution in [2.45, 2.75) is 25.8 Å². The molecule has 1 saturated heterocycles. The van der Waals surface area contributed by atoms with E-state index in [1.54, 1.807) is 4.90 Å². The van der Waals surface area contributed by atoms with Gasteiger partial charge in [-0.05, 0) is 25.1 Å². The van der Waals surface area contributed by atoms with Crippen molar-refractivity contribution in [1.82, 2.24) is 5.32 Å². The number of carbonyl (C=O) groups is 1. The Morgan fingerprint density at radius 1 is 1.55 bits per heavy atom. The van der Waals surface area contributed by atoms with E-state index in [1.165, 1.54) is 19.4 Å². The van der Waals surface area contributed by atoms with Gasteiger partial charge in [0.15, 0.2) is 6.61 Å². The van der Waals surface area contributed by atoms with Crippen molar-refractivity contribution in [3.63, 3.8) is 0 Å². The van der Waals surface area contributed by atoms with E-state index >= 15 is 0 Å². The summed E-state index contributed by atoms with van der Waals surface area (Å²) in [6, 6.07) is 8.08. The van der Waals surface area contributed by atoms with Crippen LogP contribution in [0.2, 0.25) is 0 Å². The second kappa shape index (κ2) is 7.64. The first-order valence-corrected chi connectivity index (χ1v) is 7.98. The van der Waals surface area contributed by atoms with Crippen molar-refractivity contribution in [3.8, 4) is 5.75 Å². The minimum atomic E-state index is -0.0488. The second-order valence-electron chi connectivity index (χ2n) is 5.15. The molecule has 0 bridgehead atoms. The lowest BCUT2D eigenvalue weighted by Crippen LogP contribution is -3.14. The van der Waals surface area contributed by atoms with E-state index in [0.29, 0.717) is 11.8 Å². The molecular formula is C15H22BrN2O2+. The molecule has 110 valence electrons. The number of amides is 1.